The van der Waals surface area contributed by atoms with Crippen molar-refractivity contribution in [2.24, 2.45) is 5.73 Å². The smallest absolute Gasteiger partial charge is 0.462 e. The summed E-state index contributed by atoms with van der Waals surface area (Å²) in [6.07, 6.45) is 103. The molecule has 0 aromatic heterocycles. The van der Waals surface area contributed by atoms with Gasteiger partial charge in [-0.3, -0.25) is 18.6 Å². The molecule has 0 fully saturated rings. The highest BCUT2D eigenvalue weighted by molar-refractivity contribution is 7.47. The number of carbonyl (C=O) groups excluding carboxylic acids is 2. The van der Waals surface area contributed by atoms with Crippen molar-refractivity contribution < 1.29 is 37.6 Å². The number of phosphoric ester groups is 1. The fourth-order valence-electron chi connectivity index (χ4n) is 7.32. The molecule has 0 aliphatic rings. The van der Waals surface area contributed by atoms with Crippen molar-refractivity contribution in [2.75, 3.05) is 26.4 Å². The van der Waals surface area contributed by atoms with Crippen molar-refractivity contribution in [3.8, 4) is 0 Å². The van der Waals surface area contributed by atoms with Gasteiger partial charge < -0.3 is 20.1 Å². The number of carbonyl (C=O) groups is 2. The molecule has 10 heteroatoms. The number of allylic oxidation sites excluding steroid dienone is 36. The van der Waals surface area contributed by atoms with E-state index in [1.807, 2.05) is 0 Å². The Labute approximate surface area is 505 Å². The van der Waals surface area contributed by atoms with Gasteiger partial charge in [-0.25, -0.2) is 4.57 Å². The number of nitrogens with two attached hydrogens (primary N) is 1. The molecule has 2 atom stereocenters. The summed E-state index contributed by atoms with van der Waals surface area (Å²) in [5.74, 6) is -0.930. The summed E-state index contributed by atoms with van der Waals surface area (Å²) in [6, 6.07) is 0. The molecule has 0 spiro atoms. The molecule has 83 heavy (non-hydrogen) atoms. The molecule has 0 aromatic carbocycles. The van der Waals surface area contributed by atoms with Crippen LogP contribution in [0.3, 0.4) is 0 Å². The van der Waals surface area contributed by atoms with Crippen LogP contribution in [0, 0.1) is 0 Å². The third-order valence-corrected chi connectivity index (χ3v) is 12.8. The lowest BCUT2D eigenvalue weighted by Gasteiger charge is -2.19. The second kappa shape index (κ2) is 65.5. The Kier molecular flexibility index (Phi) is 61.0. The first-order valence-corrected chi connectivity index (χ1v) is 32.7. The summed E-state index contributed by atoms with van der Waals surface area (Å²) in [5.41, 5.74) is 5.38. The van der Waals surface area contributed by atoms with Gasteiger partial charge in [0.15, 0.2) is 6.10 Å². The Hall–Kier alpha value is -5.67. The van der Waals surface area contributed by atoms with Gasteiger partial charge >= 0.3 is 19.8 Å². The average molecular weight is 1160 g/mol. The van der Waals surface area contributed by atoms with Crippen LogP contribution in [0.1, 0.15) is 194 Å². The summed E-state index contributed by atoms with van der Waals surface area (Å²) in [5, 5.41) is 0. The molecule has 0 saturated heterocycles. The zero-order valence-electron chi connectivity index (χ0n) is 51.3. The number of hydrogen-bond donors (Lipinski definition) is 2. The Morgan fingerprint density at radius 2 is 0.627 bits per heavy atom. The predicted molar refractivity (Wildman–Crippen MR) is 357 cm³/mol. The zero-order chi connectivity index (χ0) is 60.1. The quantitative estimate of drug-likeness (QED) is 0.0264. The van der Waals surface area contributed by atoms with Gasteiger partial charge in [0.2, 0.25) is 0 Å². The van der Waals surface area contributed by atoms with E-state index in [2.05, 4.69) is 233 Å². The van der Waals surface area contributed by atoms with Gasteiger partial charge in [0.05, 0.1) is 13.2 Å². The van der Waals surface area contributed by atoms with E-state index in [4.69, 9.17) is 24.3 Å². The SMILES string of the molecule is CC/C=C\C/C=C\C/C=C\C/C=C\C/C=C\C/C=C\C/C=C\C/C=C\C/C=C\C/C=C\C/C=C\C/C=C\CCCCCCC(=O)OC(COC(=O)CCCC/C=C\C/C=C\C/C=C\C/C=C\C/C=C\C/C=C\CC)COP(=O)(O)OCCN. The molecular weight excluding hydrogens is 1050 g/mol. The van der Waals surface area contributed by atoms with Crippen LogP contribution >= 0.6 is 7.82 Å². The maximum atomic E-state index is 12.7. The van der Waals surface area contributed by atoms with E-state index in [-0.39, 0.29) is 32.6 Å². The Morgan fingerprint density at radius 1 is 0.361 bits per heavy atom. The van der Waals surface area contributed by atoms with Crippen molar-refractivity contribution in [3.05, 3.63) is 219 Å². The van der Waals surface area contributed by atoms with Crippen LogP contribution in [-0.4, -0.2) is 49.3 Å². The van der Waals surface area contributed by atoms with Gasteiger partial charge in [-0.2, -0.15) is 0 Å². The summed E-state index contributed by atoms with van der Waals surface area (Å²) >= 11 is 0. The second-order valence-corrected chi connectivity index (χ2v) is 20.9. The Morgan fingerprint density at radius 3 is 0.940 bits per heavy atom. The molecule has 9 nitrogen and oxygen atoms in total. The number of unbranched alkanes of at least 4 members (excludes halogenated alkanes) is 6. The Bertz CT molecular complexity index is 2150. The maximum absolute atomic E-state index is 12.7. The van der Waals surface area contributed by atoms with E-state index in [1.165, 1.54) is 0 Å². The maximum Gasteiger partial charge on any atom is 0.472 e. The lowest BCUT2D eigenvalue weighted by Crippen LogP contribution is -2.29. The first-order valence-electron chi connectivity index (χ1n) is 31.2. The van der Waals surface area contributed by atoms with Gasteiger partial charge in [-0.05, 0) is 154 Å². The molecule has 0 heterocycles. The van der Waals surface area contributed by atoms with Crippen LogP contribution in [0.5, 0.6) is 0 Å². The Balaban J connectivity index is 4.14. The van der Waals surface area contributed by atoms with E-state index in [0.717, 1.165) is 154 Å². The molecular formula is C73H110NO8P. The minimum atomic E-state index is -4.42. The first-order chi connectivity index (χ1) is 40.8. The topological polar surface area (TPSA) is 134 Å². The highest BCUT2D eigenvalue weighted by Gasteiger charge is 2.26. The fraction of sp³-hybridized carbons (Fsp3) is 0.479. The highest BCUT2D eigenvalue weighted by Crippen LogP contribution is 2.43. The lowest BCUT2D eigenvalue weighted by molar-refractivity contribution is -0.161. The summed E-state index contributed by atoms with van der Waals surface area (Å²) in [4.78, 5) is 35.2. The highest BCUT2D eigenvalue weighted by atomic mass is 31.2. The van der Waals surface area contributed by atoms with E-state index in [0.29, 0.717) is 12.8 Å². The third kappa shape index (κ3) is 65.4. The van der Waals surface area contributed by atoms with Gasteiger partial charge in [-0.1, -0.05) is 245 Å². The van der Waals surface area contributed by atoms with Crippen molar-refractivity contribution >= 4 is 19.8 Å². The van der Waals surface area contributed by atoms with Crippen molar-refractivity contribution in [1.29, 1.82) is 0 Å². The molecule has 2 unspecified atom stereocenters. The molecule has 0 aliphatic heterocycles. The molecule has 0 rings (SSSR count). The number of ether oxygens (including phenoxy) is 2. The van der Waals surface area contributed by atoms with E-state index in [9.17, 15) is 19.0 Å². The lowest BCUT2D eigenvalue weighted by atomic mass is 10.1. The molecule has 0 radical (unpaired) electrons. The normalized spacial score (nSPS) is 14.5. The zero-order valence-corrected chi connectivity index (χ0v) is 52.2. The van der Waals surface area contributed by atoms with Gasteiger partial charge in [0, 0.05) is 19.4 Å². The van der Waals surface area contributed by atoms with Crippen LogP contribution < -0.4 is 5.73 Å². The number of rotatable bonds is 55. The first kappa shape index (κ1) is 77.3. The van der Waals surface area contributed by atoms with Crippen molar-refractivity contribution in [2.45, 2.75) is 200 Å². The molecule has 0 saturated carbocycles. The van der Waals surface area contributed by atoms with Crippen LogP contribution in [0.4, 0.5) is 0 Å². The van der Waals surface area contributed by atoms with Crippen LogP contribution in [0.15, 0.2) is 219 Å². The summed E-state index contributed by atoms with van der Waals surface area (Å²) < 4.78 is 33.0. The second-order valence-electron chi connectivity index (χ2n) is 19.5. The molecule has 0 aromatic rings. The van der Waals surface area contributed by atoms with Gasteiger partial charge in [0.25, 0.3) is 0 Å². The molecule has 3 N–H and O–H groups in total. The molecule has 460 valence electrons. The molecule has 0 bridgehead atoms. The summed E-state index contributed by atoms with van der Waals surface area (Å²) in [7, 11) is -4.42. The molecule has 0 aliphatic carbocycles. The van der Waals surface area contributed by atoms with Crippen LogP contribution in [-0.2, 0) is 32.7 Å². The molecule has 0 amide bonds. The third-order valence-electron chi connectivity index (χ3n) is 11.9. The van der Waals surface area contributed by atoms with Crippen molar-refractivity contribution in [3.63, 3.8) is 0 Å². The minimum absolute atomic E-state index is 0.0298. The predicted octanol–water partition coefficient (Wildman–Crippen LogP) is 20.5. The van der Waals surface area contributed by atoms with Crippen molar-refractivity contribution in [1.82, 2.24) is 0 Å². The van der Waals surface area contributed by atoms with E-state index >= 15 is 0 Å². The monoisotopic (exact) mass is 1160 g/mol. The average Bonchev–Trinajstić information content (AvgIpc) is 3.49. The van der Waals surface area contributed by atoms with E-state index in [1.54, 1.807) is 0 Å². The minimum Gasteiger partial charge on any atom is -0.462 e. The number of phosphoric acid groups is 1. The van der Waals surface area contributed by atoms with Gasteiger partial charge in [-0.15, -0.1) is 0 Å². The van der Waals surface area contributed by atoms with Gasteiger partial charge in [0.1, 0.15) is 6.61 Å². The number of hydrogen-bond acceptors (Lipinski definition) is 8. The van der Waals surface area contributed by atoms with Crippen LogP contribution in [0.25, 0.3) is 0 Å². The fourth-order valence-corrected chi connectivity index (χ4v) is 8.09. The van der Waals surface area contributed by atoms with Crippen LogP contribution in [0.2, 0.25) is 0 Å². The standard InChI is InChI=1S/C73H110NO8P/c1-3-5-7-9-11-13-15-17-19-21-23-25-26-27-28-29-30-31-32-33-34-35-36-37-38-39-40-41-42-43-44-46-48-50-52-54-56-58-60-62-64-66-73(76)82-71(70-81-83(77,78)80-68-67-74)69-79-72(75)65-63-61-59-57-55-53-51-49-47-45-24-22-20-18-16-14-12-10-8-6-4-2/h5-8,11-14,17-20,23-25,27-28,30-31,33-34,36-37,39-40,42-43,45-46,48-49,51-52,54-55,57,71H,3-4,9-10,15-16,21-22,26,29,32,35,38,41,44,47,50,53,56,58-70,74H2,1-2H3,(H,77,78)/b7-5-,8-6-,13-11-,14-12-,19-17-,20-18-,25-23-,28-27-,31-30-,34-33-,37-36-,40-39-,43-42-,45-24-,48-46-,51-49-,54-52-,57-55-. The number of esters is 2. The van der Waals surface area contributed by atoms with E-state index < -0.39 is 32.5 Å². The summed E-state index contributed by atoms with van der Waals surface area (Å²) in [6.45, 7) is 3.39. The largest absolute Gasteiger partial charge is 0.472 e.